The molecule has 0 bridgehead atoms. The normalized spacial score (nSPS) is 10.7. The molecule has 0 radical (unpaired) electrons. The summed E-state index contributed by atoms with van der Waals surface area (Å²) >= 11 is 0. The van der Waals surface area contributed by atoms with Crippen LogP contribution in [0.25, 0.3) is 0 Å². The van der Waals surface area contributed by atoms with Crippen molar-refractivity contribution >= 4 is 11.7 Å². The molecule has 0 rings (SSSR count). The molecule has 0 unspecified atom stereocenters. The van der Waals surface area contributed by atoms with Gasteiger partial charge in [0, 0.05) is 6.54 Å². The van der Waals surface area contributed by atoms with E-state index in [1.165, 1.54) is 6.92 Å². The molecule has 0 aliphatic rings. The van der Waals surface area contributed by atoms with Crippen LogP contribution >= 0.6 is 0 Å². The molecule has 1 N–H and O–H groups in total. The standard InChI is InChI=1S/C10H20N2O2/c1-8(2)5-11-10(14)7-12(4)6-9(3)13/h8H,5-7H2,1-4H3,(H,11,14). The molecule has 0 aromatic rings. The van der Waals surface area contributed by atoms with Gasteiger partial charge in [0.2, 0.25) is 5.91 Å². The number of carbonyl (C=O) groups is 2. The van der Waals surface area contributed by atoms with Crippen molar-refractivity contribution in [3.05, 3.63) is 0 Å². The number of carbonyl (C=O) groups excluding carboxylic acids is 2. The Bertz CT molecular complexity index is 202. The molecule has 1 amide bonds. The molecule has 0 spiro atoms. The second-order valence-electron chi connectivity index (χ2n) is 4.07. The lowest BCUT2D eigenvalue weighted by Gasteiger charge is -2.14. The van der Waals surface area contributed by atoms with E-state index in [2.05, 4.69) is 5.32 Å². The second kappa shape index (κ2) is 6.54. The SMILES string of the molecule is CC(=O)CN(C)CC(=O)NCC(C)C. The maximum atomic E-state index is 11.3. The molecular weight excluding hydrogens is 180 g/mol. The Balaban J connectivity index is 3.66. The summed E-state index contributed by atoms with van der Waals surface area (Å²) in [6.07, 6.45) is 0. The first-order valence-corrected chi connectivity index (χ1v) is 4.86. The fourth-order valence-corrected chi connectivity index (χ4v) is 1.06. The lowest BCUT2D eigenvalue weighted by molar-refractivity contribution is -0.123. The predicted molar refractivity (Wildman–Crippen MR) is 56.0 cm³/mol. The second-order valence-corrected chi connectivity index (χ2v) is 4.07. The Hall–Kier alpha value is -0.900. The van der Waals surface area contributed by atoms with E-state index in [0.717, 1.165) is 0 Å². The Morgan fingerprint density at radius 1 is 1.29 bits per heavy atom. The molecule has 0 aliphatic heterocycles. The minimum Gasteiger partial charge on any atom is -0.355 e. The van der Waals surface area contributed by atoms with Gasteiger partial charge in [0.1, 0.15) is 5.78 Å². The first kappa shape index (κ1) is 13.1. The van der Waals surface area contributed by atoms with Crippen LogP contribution in [0.15, 0.2) is 0 Å². The number of rotatable bonds is 6. The Morgan fingerprint density at radius 2 is 1.86 bits per heavy atom. The molecule has 0 aliphatic carbocycles. The smallest absolute Gasteiger partial charge is 0.234 e. The van der Waals surface area contributed by atoms with Crippen molar-refractivity contribution in [3.8, 4) is 0 Å². The number of Topliss-reactive ketones (excluding diaryl/α,β-unsaturated/α-hetero) is 1. The minimum atomic E-state index is -0.0255. The van der Waals surface area contributed by atoms with Crippen LogP contribution in [0.5, 0.6) is 0 Å². The van der Waals surface area contributed by atoms with Crippen LogP contribution in [0, 0.1) is 5.92 Å². The Labute approximate surface area is 85.7 Å². The van der Waals surface area contributed by atoms with Crippen LogP contribution in [-0.4, -0.2) is 43.3 Å². The van der Waals surface area contributed by atoms with Crippen LogP contribution < -0.4 is 5.32 Å². The topological polar surface area (TPSA) is 49.4 Å². The molecular formula is C10H20N2O2. The lowest BCUT2D eigenvalue weighted by atomic mass is 10.2. The molecule has 0 aromatic carbocycles. The first-order chi connectivity index (χ1) is 6.41. The highest BCUT2D eigenvalue weighted by Gasteiger charge is 2.07. The maximum Gasteiger partial charge on any atom is 0.234 e. The summed E-state index contributed by atoms with van der Waals surface area (Å²) in [4.78, 5) is 23.7. The monoisotopic (exact) mass is 200 g/mol. The van der Waals surface area contributed by atoms with Gasteiger partial charge in [-0.15, -0.1) is 0 Å². The number of hydrogen-bond donors (Lipinski definition) is 1. The molecule has 0 fully saturated rings. The molecule has 0 atom stereocenters. The fraction of sp³-hybridized carbons (Fsp3) is 0.800. The van der Waals surface area contributed by atoms with Gasteiger partial charge in [0.25, 0.3) is 0 Å². The fourth-order valence-electron chi connectivity index (χ4n) is 1.06. The van der Waals surface area contributed by atoms with Crippen molar-refractivity contribution < 1.29 is 9.59 Å². The first-order valence-electron chi connectivity index (χ1n) is 4.86. The van der Waals surface area contributed by atoms with Gasteiger partial charge in [0.05, 0.1) is 13.1 Å². The minimum absolute atomic E-state index is 0.0255. The van der Waals surface area contributed by atoms with Crippen molar-refractivity contribution in [2.45, 2.75) is 20.8 Å². The Morgan fingerprint density at radius 3 is 2.29 bits per heavy atom. The highest BCUT2D eigenvalue weighted by molar-refractivity contribution is 5.80. The highest BCUT2D eigenvalue weighted by atomic mass is 16.2. The van der Waals surface area contributed by atoms with Gasteiger partial charge in [0.15, 0.2) is 0 Å². The van der Waals surface area contributed by atoms with Gasteiger partial charge < -0.3 is 5.32 Å². The van der Waals surface area contributed by atoms with Crippen LogP contribution in [0.3, 0.4) is 0 Å². The largest absolute Gasteiger partial charge is 0.355 e. The molecule has 0 aromatic heterocycles. The molecule has 0 saturated carbocycles. The van der Waals surface area contributed by atoms with E-state index < -0.39 is 0 Å². The van der Waals surface area contributed by atoms with Crippen molar-refractivity contribution in [1.29, 1.82) is 0 Å². The van der Waals surface area contributed by atoms with Crippen LogP contribution in [0.1, 0.15) is 20.8 Å². The summed E-state index contributed by atoms with van der Waals surface area (Å²) in [5.74, 6) is 0.503. The maximum absolute atomic E-state index is 11.3. The molecule has 4 heteroatoms. The molecule has 0 heterocycles. The molecule has 0 saturated heterocycles. The van der Waals surface area contributed by atoms with Gasteiger partial charge >= 0.3 is 0 Å². The van der Waals surface area contributed by atoms with E-state index in [4.69, 9.17) is 0 Å². The third-order valence-corrected chi connectivity index (χ3v) is 1.61. The number of ketones is 1. The number of amides is 1. The zero-order valence-electron chi connectivity index (χ0n) is 9.46. The van der Waals surface area contributed by atoms with Gasteiger partial charge in [-0.05, 0) is 19.9 Å². The van der Waals surface area contributed by atoms with E-state index >= 15 is 0 Å². The average molecular weight is 200 g/mol. The van der Waals surface area contributed by atoms with E-state index in [1.54, 1.807) is 11.9 Å². The predicted octanol–water partition coefficient (Wildman–Crippen LogP) is 0.279. The summed E-state index contributed by atoms with van der Waals surface area (Å²) < 4.78 is 0. The van der Waals surface area contributed by atoms with Crippen molar-refractivity contribution in [2.24, 2.45) is 5.92 Å². The number of nitrogens with zero attached hydrogens (tertiary/aromatic N) is 1. The third kappa shape index (κ3) is 7.73. The summed E-state index contributed by atoms with van der Waals surface area (Å²) in [5, 5.41) is 2.79. The number of nitrogens with one attached hydrogen (secondary N) is 1. The van der Waals surface area contributed by atoms with Crippen LogP contribution in [0.4, 0.5) is 0 Å². The summed E-state index contributed by atoms with van der Waals surface area (Å²) in [6, 6.07) is 0. The quantitative estimate of drug-likeness (QED) is 0.670. The van der Waals surface area contributed by atoms with Gasteiger partial charge in [-0.3, -0.25) is 14.5 Å². The summed E-state index contributed by atoms with van der Waals surface area (Å²) in [7, 11) is 1.76. The van der Waals surface area contributed by atoms with E-state index in [0.29, 0.717) is 19.0 Å². The zero-order valence-corrected chi connectivity index (χ0v) is 9.46. The third-order valence-electron chi connectivity index (χ3n) is 1.61. The van der Waals surface area contributed by atoms with Crippen molar-refractivity contribution in [2.75, 3.05) is 26.7 Å². The molecule has 4 nitrogen and oxygen atoms in total. The van der Waals surface area contributed by atoms with Gasteiger partial charge in [-0.1, -0.05) is 13.8 Å². The van der Waals surface area contributed by atoms with Gasteiger partial charge in [-0.25, -0.2) is 0 Å². The summed E-state index contributed by atoms with van der Waals surface area (Å²) in [5.41, 5.74) is 0. The zero-order chi connectivity index (χ0) is 11.1. The van der Waals surface area contributed by atoms with E-state index in [9.17, 15) is 9.59 Å². The molecule has 82 valence electrons. The lowest BCUT2D eigenvalue weighted by Crippen LogP contribution is -2.38. The highest BCUT2D eigenvalue weighted by Crippen LogP contribution is 1.88. The molecule has 14 heavy (non-hydrogen) atoms. The van der Waals surface area contributed by atoms with Gasteiger partial charge in [-0.2, -0.15) is 0 Å². The van der Waals surface area contributed by atoms with Crippen LogP contribution in [-0.2, 0) is 9.59 Å². The Kier molecular flexibility index (Phi) is 6.12. The number of likely N-dealkylation sites (N-methyl/N-ethyl adjacent to an activating group) is 1. The van der Waals surface area contributed by atoms with Crippen molar-refractivity contribution in [3.63, 3.8) is 0 Å². The summed E-state index contributed by atoms with van der Waals surface area (Å²) in [6.45, 7) is 6.90. The van der Waals surface area contributed by atoms with Crippen LogP contribution in [0.2, 0.25) is 0 Å². The number of hydrogen-bond acceptors (Lipinski definition) is 3. The van der Waals surface area contributed by atoms with E-state index in [-0.39, 0.29) is 18.2 Å². The average Bonchev–Trinajstić information content (AvgIpc) is 1.98. The van der Waals surface area contributed by atoms with Crippen molar-refractivity contribution in [1.82, 2.24) is 10.2 Å². The van der Waals surface area contributed by atoms with E-state index in [1.807, 2.05) is 13.8 Å².